The Morgan fingerprint density at radius 2 is 2.05 bits per heavy atom. The lowest BCUT2D eigenvalue weighted by atomic mass is 9.77. The number of fused-ring (bicyclic) bond motifs is 3. The largest absolute Gasteiger partial charge is 0.493 e. The number of ether oxygens (including phenoxy) is 2. The number of aliphatic hydroxyl groups excluding tert-OH is 1. The number of rotatable bonds is 7. The number of nitrogens with one attached hydrogen (secondary N) is 2. The van der Waals surface area contributed by atoms with Crippen LogP contribution < -0.4 is 20.1 Å². The van der Waals surface area contributed by atoms with Crippen molar-refractivity contribution in [3.63, 3.8) is 0 Å². The SMILES string of the molecule is Cc1ccc(-n2nc3c(c2C(=O)NCC2(CO)CC2)C(=O)N[C@@]2(CCOc4cc(OCC(F)(F)F)ccc42)C3)nc1. The lowest BCUT2D eigenvalue weighted by Gasteiger charge is -2.41. The van der Waals surface area contributed by atoms with Crippen LogP contribution in [0.25, 0.3) is 5.82 Å². The molecule has 1 atom stereocenters. The molecule has 0 radical (unpaired) electrons. The number of carbonyl (C=O) groups excluding carboxylic acids is 2. The average Bonchev–Trinajstić information content (AvgIpc) is 3.62. The Morgan fingerprint density at radius 1 is 1.24 bits per heavy atom. The van der Waals surface area contributed by atoms with Gasteiger partial charge >= 0.3 is 6.18 Å². The summed E-state index contributed by atoms with van der Waals surface area (Å²) in [6.45, 7) is 0.853. The summed E-state index contributed by atoms with van der Waals surface area (Å²) in [5.41, 5.74) is 0.740. The first-order chi connectivity index (χ1) is 19.5. The molecule has 2 aromatic heterocycles. The van der Waals surface area contributed by atoms with Crippen molar-refractivity contribution in [3.8, 4) is 17.3 Å². The zero-order chi connectivity index (χ0) is 29.0. The molecule has 3 aromatic rings. The van der Waals surface area contributed by atoms with E-state index < -0.39 is 30.1 Å². The van der Waals surface area contributed by atoms with Crippen LogP contribution in [0.4, 0.5) is 13.2 Å². The Hall–Kier alpha value is -4.13. The van der Waals surface area contributed by atoms with Crippen LogP contribution in [0.15, 0.2) is 36.5 Å². The van der Waals surface area contributed by atoms with Crippen LogP contribution in [0, 0.1) is 12.3 Å². The maximum atomic E-state index is 13.7. The first-order valence-corrected chi connectivity index (χ1v) is 13.2. The van der Waals surface area contributed by atoms with Gasteiger partial charge in [0.25, 0.3) is 11.8 Å². The minimum Gasteiger partial charge on any atom is -0.493 e. The number of aryl methyl sites for hydroxylation is 1. The quantitative estimate of drug-likeness (QED) is 0.398. The van der Waals surface area contributed by atoms with E-state index in [-0.39, 0.29) is 48.6 Å². The number of aliphatic hydroxyl groups is 1. The first kappa shape index (κ1) is 27.1. The molecule has 1 aromatic carbocycles. The second-order valence-electron chi connectivity index (χ2n) is 11.0. The zero-order valence-electron chi connectivity index (χ0n) is 22.2. The van der Waals surface area contributed by atoms with E-state index in [1.807, 2.05) is 13.0 Å². The van der Waals surface area contributed by atoms with Crippen LogP contribution in [0.1, 0.15) is 56.9 Å². The molecule has 1 fully saturated rings. The lowest BCUT2D eigenvalue weighted by Crippen LogP contribution is -2.53. The van der Waals surface area contributed by atoms with Gasteiger partial charge in [-0.25, -0.2) is 9.67 Å². The van der Waals surface area contributed by atoms with Crippen molar-refractivity contribution < 1.29 is 37.3 Å². The van der Waals surface area contributed by atoms with Gasteiger partial charge in [-0.2, -0.15) is 18.3 Å². The maximum Gasteiger partial charge on any atom is 0.422 e. The molecule has 1 saturated carbocycles. The molecule has 0 bridgehead atoms. The topological polar surface area (TPSA) is 128 Å². The highest BCUT2D eigenvalue weighted by Gasteiger charge is 2.48. The smallest absolute Gasteiger partial charge is 0.422 e. The van der Waals surface area contributed by atoms with E-state index in [1.54, 1.807) is 18.3 Å². The second-order valence-corrected chi connectivity index (χ2v) is 11.0. The molecule has 1 aliphatic carbocycles. The summed E-state index contributed by atoms with van der Waals surface area (Å²) in [6, 6.07) is 7.91. The molecular weight excluding hydrogens is 543 g/mol. The molecule has 2 amide bonds. The summed E-state index contributed by atoms with van der Waals surface area (Å²) in [7, 11) is 0. The number of hydrogen-bond acceptors (Lipinski definition) is 7. The minimum atomic E-state index is -4.49. The van der Waals surface area contributed by atoms with Crippen molar-refractivity contribution in [3.05, 3.63) is 64.6 Å². The maximum absolute atomic E-state index is 13.7. The van der Waals surface area contributed by atoms with Crippen LogP contribution in [0.3, 0.4) is 0 Å². The van der Waals surface area contributed by atoms with Crippen LogP contribution in [0.2, 0.25) is 0 Å². The monoisotopic (exact) mass is 571 g/mol. The fourth-order valence-corrected chi connectivity index (χ4v) is 5.37. The number of aromatic nitrogens is 3. The Bertz CT molecular complexity index is 1520. The normalized spacial score (nSPS) is 20.5. The molecule has 10 nitrogen and oxygen atoms in total. The summed E-state index contributed by atoms with van der Waals surface area (Å²) >= 11 is 0. The fourth-order valence-electron chi connectivity index (χ4n) is 5.37. The van der Waals surface area contributed by atoms with Gasteiger partial charge in [0.05, 0.1) is 30.0 Å². The number of nitrogens with zero attached hydrogens (tertiary/aromatic N) is 3. The van der Waals surface area contributed by atoms with Crippen molar-refractivity contribution >= 4 is 11.8 Å². The van der Waals surface area contributed by atoms with E-state index in [0.717, 1.165) is 18.4 Å². The van der Waals surface area contributed by atoms with Gasteiger partial charge in [-0.05, 0) is 43.5 Å². The Labute approximate surface area is 232 Å². The highest BCUT2D eigenvalue weighted by atomic mass is 19.4. The summed E-state index contributed by atoms with van der Waals surface area (Å²) in [6.07, 6.45) is -0.658. The Balaban J connectivity index is 1.37. The number of carbonyl (C=O) groups is 2. The van der Waals surface area contributed by atoms with Crippen LogP contribution >= 0.6 is 0 Å². The molecule has 3 aliphatic rings. The summed E-state index contributed by atoms with van der Waals surface area (Å²) < 4.78 is 49.9. The van der Waals surface area contributed by atoms with Crippen molar-refractivity contribution in [2.45, 2.75) is 44.3 Å². The number of benzene rings is 1. The molecule has 3 N–H and O–H groups in total. The fraction of sp³-hybridized carbons (Fsp3) is 0.429. The third-order valence-corrected chi connectivity index (χ3v) is 7.91. The van der Waals surface area contributed by atoms with Crippen molar-refractivity contribution in [2.75, 3.05) is 26.4 Å². The highest BCUT2D eigenvalue weighted by molar-refractivity contribution is 6.08. The van der Waals surface area contributed by atoms with E-state index in [4.69, 9.17) is 14.6 Å². The van der Waals surface area contributed by atoms with Gasteiger partial charge in [-0.3, -0.25) is 9.59 Å². The van der Waals surface area contributed by atoms with Gasteiger partial charge in [-0.1, -0.05) is 6.07 Å². The first-order valence-electron chi connectivity index (χ1n) is 13.2. The van der Waals surface area contributed by atoms with E-state index in [2.05, 4.69) is 15.6 Å². The van der Waals surface area contributed by atoms with Gasteiger partial charge in [0.2, 0.25) is 0 Å². The molecule has 0 unspecified atom stereocenters. The molecule has 6 rings (SSSR count). The molecule has 2 aliphatic heterocycles. The standard InChI is InChI=1S/C28H28F3N5O5/c1-16-2-5-21(32-12-16)36-23(25(39)33-13-26(14-37)6-7-26)22-19(35-36)11-27(34-24(22)38)8-9-40-20-10-17(3-4-18(20)27)41-15-28(29,30)31/h2-5,10,12,37H,6-9,11,13-15H2,1H3,(H,33,39)(H,34,38)/t27-/m0/s1. The Kier molecular flexibility index (Phi) is 6.44. The van der Waals surface area contributed by atoms with E-state index in [1.165, 1.54) is 16.8 Å². The number of halogens is 3. The van der Waals surface area contributed by atoms with Gasteiger partial charge in [-0.15, -0.1) is 0 Å². The highest BCUT2D eigenvalue weighted by Crippen LogP contribution is 2.45. The van der Waals surface area contributed by atoms with Crippen LogP contribution in [0.5, 0.6) is 11.5 Å². The molecule has 1 spiro atoms. The molecule has 41 heavy (non-hydrogen) atoms. The summed E-state index contributed by atoms with van der Waals surface area (Å²) in [5.74, 6) is -0.366. The molecule has 216 valence electrons. The van der Waals surface area contributed by atoms with Crippen molar-refractivity contribution in [2.24, 2.45) is 5.41 Å². The van der Waals surface area contributed by atoms with Crippen LogP contribution in [-0.2, 0) is 12.0 Å². The van der Waals surface area contributed by atoms with E-state index in [9.17, 15) is 27.9 Å². The molecule has 13 heteroatoms. The van der Waals surface area contributed by atoms with Crippen molar-refractivity contribution in [1.82, 2.24) is 25.4 Å². The summed E-state index contributed by atoms with van der Waals surface area (Å²) in [5, 5.41) is 20.3. The predicted octanol–water partition coefficient (Wildman–Crippen LogP) is 2.98. The molecule has 0 saturated heterocycles. The third kappa shape index (κ3) is 5.09. The molecular formula is C28H28F3N5O5. The summed E-state index contributed by atoms with van der Waals surface area (Å²) in [4.78, 5) is 31.7. The number of hydrogen-bond donors (Lipinski definition) is 3. The lowest BCUT2D eigenvalue weighted by molar-refractivity contribution is -0.153. The van der Waals surface area contributed by atoms with Crippen LogP contribution in [-0.4, -0.2) is 64.2 Å². The van der Waals surface area contributed by atoms with Gasteiger partial charge < -0.3 is 25.2 Å². The number of pyridine rings is 1. The minimum absolute atomic E-state index is 0.00838. The molecule has 4 heterocycles. The van der Waals surface area contributed by atoms with Gasteiger partial charge in [0.15, 0.2) is 12.4 Å². The average molecular weight is 572 g/mol. The van der Waals surface area contributed by atoms with Gasteiger partial charge in [0, 0.05) is 42.6 Å². The number of amides is 2. The predicted molar refractivity (Wildman–Crippen MR) is 138 cm³/mol. The van der Waals surface area contributed by atoms with Crippen molar-refractivity contribution in [1.29, 1.82) is 0 Å². The van der Waals surface area contributed by atoms with E-state index >= 15 is 0 Å². The Morgan fingerprint density at radius 3 is 2.73 bits per heavy atom. The zero-order valence-corrected chi connectivity index (χ0v) is 22.2. The third-order valence-electron chi connectivity index (χ3n) is 7.91. The van der Waals surface area contributed by atoms with Gasteiger partial charge in [0.1, 0.15) is 17.2 Å². The second kappa shape index (κ2) is 9.75. The van der Waals surface area contributed by atoms with E-state index in [0.29, 0.717) is 29.2 Å². The number of alkyl halides is 3.